The van der Waals surface area contributed by atoms with Gasteiger partial charge in [-0.1, -0.05) is 26.0 Å². The highest BCUT2D eigenvalue weighted by atomic mass is 16.4. The number of rotatable bonds is 4. The summed E-state index contributed by atoms with van der Waals surface area (Å²) in [5.41, 5.74) is 7.45. The maximum Gasteiger partial charge on any atom is 0.306 e. The lowest BCUT2D eigenvalue weighted by Crippen LogP contribution is -2.12. The molecule has 82 valence electrons. The van der Waals surface area contributed by atoms with Crippen molar-refractivity contribution in [2.45, 2.75) is 26.2 Å². The van der Waals surface area contributed by atoms with Crippen LogP contribution in [0.3, 0.4) is 0 Å². The zero-order valence-corrected chi connectivity index (χ0v) is 9.10. The molecule has 0 heterocycles. The van der Waals surface area contributed by atoms with Crippen LogP contribution >= 0.6 is 0 Å². The molecule has 3 heteroatoms. The van der Waals surface area contributed by atoms with E-state index in [4.69, 9.17) is 10.8 Å². The average Bonchev–Trinajstić information content (AvgIpc) is 2.18. The van der Waals surface area contributed by atoms with Gasteiger partial charge in [0.2, 0.25) is 0 Å². The van der Waals surface area contributed by atoms with E-state index in [2.05, 4.69) is 0 Å². The van der Waals surface area contributed by atoms with Crippen LogP contribution in [0.25, 0.3) is 0 Å². The van der Waals surface area contributed by atoms with Crippen molar-refractivity contribution in [1.29, 1.82) is 0 Å². The lowest BCUT2D eigenvalue weighted by atomic mass is 9.91. The summed E-state index contributed by atoms with van der Waals surface area (Å²) in [6.45, 7) is 3.76. The van der Waals surface area contributed by atoms with Crippen LogP contribution < -0.4 is 5.73 Å². The summed E-state index contributed by atoms with van der Waals surface area (Å²) in [6, 6.07) is 7.59. The number of carboxylic acids is 1. The predicted molar refractivity (Wildman–Crippen MR) is 60.7 cm³/mol. The monoisotopic (exact) mass is 207 g/mol. The molecule has 0 saturated heterocycles. The summed E-state index contributed by atoms with van der Waals surface area (Å²) in [7, 11) is 0. The Hall–Kier alpha value is -1.51. The first-order valence-electron chi connectivity index (χ1n) is 5.09. The molecule has 0 fully saturated rings. The molecule has 0 radical (unpaired) electrons. The molecule has 0 spiro atoms. The van der Waals surface area contributed by atoms with Crippen molar-refractivity contribution in [3.63, 3.8) is 0 Å². The number of aliphatic carboxylic acids is 1. The lowest BCUT2D eigenvalue weighted by molar-refractivity contribution is -0.141. The molecule has 1 rings (SSSR count). The van der Waals surface area contributed by atoms with Crippen molar-refractivity contribution in [2.24, 2.45) is 5.92 Å². The molecule has 0 aliphatic rings. The van der Waals surface area contributed by atoms with Gasteiger partial charge in [0.1, 0.15) is 0 Å². The van der Waals surface area contributed by atoms with Crippen molar-refractivity contribution in [2.75, 3.05) is 5.73 Å². The third kappa shape index (κ3) is 3.27. The van der Waals surface area contributed by atoms with Gasteiger partial charge in [0.05, 0.1) is 5.92 Å². The van der Waals surface area contributed by atoms with E-state index in [1.807, 2.05) is 31.2 Å². The molecular weight excluding hydrogens is 190 g/mol. The van der Waals surface area contributed by atoms with Crippen LogP contribution in [0.1, 0.15) is 31.7 Å². The number of hydrogen-bond acceptors (Lipinski definition) is 2. The Bertz CT molecular complexity index is 332. The highest BCUT2D eigenvalue weighted by Gasteiger charge is 2.15. The van der Waals surface area contributed by atoms with Gasteiger partial charge in [0.25, 0.3) is 0 Å². The van der Waals surface area contributed by atoms with E-state index in [1.54, 1.807) is 6.92 Å². The van der Waals surface area contributed by atoms with E-state index in [0.717, 1.165) is 11.3 Å². The first-order valence-corrected chi connectivity index (χ1v) is 5.09. The van der Waals surface area contributed by atoms with Gasteiger partial charge in [-0.2, -0.15) is 0 Å². The molecule has 2 atom stereocenters. The average molecular weight is 207 g/mol. The molecule has 3 nitrogen and oxygen atoms in total. The van der Waals surface area contributed by atoms with E-state index < -0.39 is 5.97 Å². The summed E-state index contributed by atoms with van der Waals surface area (Å²) in [6.07, 6.45) is 0.652. The van der Waals surface area contributed by atoms with Crippen LogP contribution in [0.2, 0.25) is 0 Å². The maximum atomic E-state index is 10.7. The number of anilines is 1. The fourth-order valence-corrected chi connectivity index (χ4v) is 1.59. The smallest absolute Gasteiger partial charge is 0.306 e. The fourth-order valence-electron chi connectivity index (χ4n) is 1.59. The summed E-state index contributed by atoms with van der Waals surface area (Å²) in [5, 5.41) is 8.80. The van der Waals surface area contributed by atoms with Crippen molar-refractivity contribution in [3.05, 3.63) is 29.8 Å². The first kappa shape index (κ1) is 11.6. The molecular formula is C12H17NO2. The Morgan fingerprint density at radius 2 is 1.87 bits per heavy atom. The minimum Gasteiger partial charge on any atom is -0.481 e. The second kappa shape index (κ2) is 4.82. The van der Waals surface area contributed by atoms with Crippen LogP contribution in [0.15, 0.2) is 24.3 Å². The second-order valence-electron chi connectivity index (χ2n) is 4.04. The molecule has 0 aliphatic carbocycles. The van der Waals surface area contributed by atoms with Crippen LogP contribution in [0.5, 0.6) is 0 Å². The van der Waals surface area contributed by atoms with Crippen molar-refractivity contribution >= 4 is 11.7 Å². The topological polar surface area (TPSA) is 63.3 Å². The largest absolute Gasteiger partial charge is 0.481 e. The highest BCUT2D eigenvalue weighted by molar-refractivity contribution is 5.69. The molecule has 1 aromatic carbocycles. The fraction of sp³-hybridized carbons (Fsp3) is 0.417. The first-order chi connectivity index (χ1) is 7.00. The second-order valence-corrected chi connectivity index (χ2v) is 4.04. The van der Waals surface area contributed by atoms with Crippen LogP contribution in [-0.4, -0.2) is 11.1 Å². The standard InChI is InChI=1S/C12H17NO2/c1-8(7-9(2)12(14)15)10-3-5-11(13)6-4-10/h3-6,8-9H,7,13H2,1-2H3,(H,14,15). The van der Waals surface area contributed by atoms with Gasteiger partial charge in [-0.05, 0) is 30.0 Å². The van der Waals surface area contributed by atoms with Crippen LogP contribution in [-0.2, 0) is 4.79 Å². The van der Waals surface area contributed by atoms with E-state index in [0.29, 0.717) is 6.42 Å². The molecule has 15 heavy (non-hydrogen) atoms. The minimum absolute atomic E-state index is 0.247. The summed E-state index contributed by atoms with van der Waals surface area (Å²) in [5.74, 6) is -0.799. The van der Waals surface area contributed by atoms with Crippen LogP contribution in [0.4, 0.5) is 5.69 Å². The van der Waals surface area contributed by atoms with Crippen molar-refractivity contribution < 1.29 is 9.90 Å². The van der Waals surface area contributed by atoms with E-state index >= 15 is 0 Å². The number of benzene rings is 1. The third-order valence-corrected chi connectivity index (χ3v) is 2.63. The number of carboxylic acid groups (broad SMARTS) is 1. The zero-order valence-electron chi connectivity index (χ0n) is 9.10. The van der Waals surface area contributed by atoms with E-state index in [-0.39, 0.29) is 11.8 Å². The van der Waals surface area contributed by atoms with Gasteiger partial charge in [0, 0.05) is 5.69 Å². The summed E-state index contributed by atoms with van der Waals surface area (Å²) < 4.78 is 0. The van der Waals surface area contributed by atoms with Crippen LogP contribution in [0, 0.1) is 5.92 Å². The molecule has 1 aromatic rings. The lowest BCUT2D eigenvalue weighted by Gasteiger charge is -2.14. The number of nitrogens with two attached hydrogens (primary N) is 1. The van der Waals surface area contributed by atoms with E-state index in [1.165, 1.54) is 0 Å². The van der Waals surface area contributed by atoms with Gasteiger partial charge >= 0.3 is 5.97 Å². The normalized spacial score (nSPS) is 14.5. The van der Waals surface area contributed by atoms with Crippen molar-refractivity contribution in [1.82, 2.24) is 0 Å². The zero-order chi connectivity index (χ0) is 11.4. The van der Waals surface area contributed by atoms with Gasteiger partial charge in [-0.15, -0.1) is 0 Å². The van der Waals surface area contributed by atoms with Gasteiger partial charge in [0.15, 0.2) is 0 Å². The minimum atomic E-state index is -0.739. The molecule has 0 saturated carbocycles. The Balaban J connectivity index is 2.64. The quantitative estimate of drug-likeness (QED) is 0.745. The van der Waals surface area contributed by atoms with Gasteiger partial charge < -0.3 is 10.8 Å². The van der Waals surface area contributed by atoms with Gasteiger partial charge in [-0.3, -0.25) is 4.79 Å². The predicted octanol–water partition coefficient (Wildman–Crippen LogP) is 2.48. The third-order valence-electron chi connectivity index (χ3n) is 2.63. The molecule has 0 aliphatic heterocycles. The maximum absolute atomic E-state index is 10.7. The SMILES string of the molecule is CC(CC(C)c1ccc(N)cc1)C(=O)O. The van der Waals surface area contributed by atoms with E-state index in [9.17, 15) is 4.79 Å². The molecule has 0 bridgehead atoms. The highest BCUT2D eigenvalue weighted by Crippen LogP contribution is 2.23. The Morgan fingerprint density at radius 3 is 2.33 bits per heavy atom. The molecule has 0 amide bonds. The number of carbonyl (C=O) groups is 1. The number of nitrogen functional groups attached to an aromatic ring is 1. The number of hydrogen-bond donors (Lipinski definition) is 2. The Labute approximate surface area is 89.9 Å². The Morgan fingerprint density at radius 1 is 1.33 bits per heavy atom. The summed E-state index contributed by atoms with van der Waals surface area (Å²) >= 11 is 0. The Kier molecular flexibility index (Phi) is 3.72. The molecule has 0 aromatic heterocycles. The summed E-state index contributed by atoms with van der Waals surface area (Å²) in [4.78, 5) is 10.7. The van der Waals surface area contributed by atoms with Crippen molar-refractivity contribution in [3.8, 4) is 0 Å². The molecule has 3 N–H and O–H groups in total. The van der Waals surface area contributed by atoms with Gasteiger partial charge in [-0.25, -0.2) is 0 Å². The molecule has 2 unspecified atom stereocenters.